The molecular weight excluding hydrogens is 295 g/mol. The van der Waals surface area contributed by atoms with Gasteiger partial charge in [0.2, 0.25) is 0 Å². The second kappa shape index (κ2) is 5.33. The first-order valence-corrected chi connectivity index (χ1v) is 5.99. The molecule has 20 heavy (non-hydrogen) atoms. The van der Waals surface area contributed by atoms with Gasteiger partial charge in [0.25, 0.3) is 5.91 Å². The van der Waals surface area contributed by atoms with Crippen LogP contribution in [-0.4, -0.2) is 17.0 Å². The lowest BCUT2D eigenvalue weighted by atomic mass is 10.2. The molecule has 0 radical (unpaired) electrons. The first kappa shape index (κ1) is 14.1. The number of aromatic carboxylic acids is 1. The van der Waals surface area contributed by atoms with E-state index in [4.69, 9.17) is 5.11 Å². The second-order valence-electron chi connectivity index (χ2n) is 3.65. The molecule has 8 heteroatoms. The molecule has 0 atom stereocenters. The third-order valence-electron chi connectivity index (χ3n) is 2.33. The van der Waals surface area contributed by atoms with Gasteiger partial charge in [0.1, 0.15) is 4.88 Å². The smallest absolute Gasteiger partial charge is 0.345 e. The number of nitrogens with one attached hydrogen (secondary N) is 1. The van der Waals surface area contributed by atoms with Gasteiger partial charge in [-0.05, 0) is 24.3 Å². The quantitative estimate of drug-likeness (QED) is 0.856. The van der Waals surface area contributed by atoms with E-state index in [9.17, 15) is 22.8 Å². The summed E-state index contributed by atoms with van der Waals surface area (Å²) in [5.41, 5.74) is -0.672. The van der Waals surface area contributed by atoms with E-state index < -0.39 is 34.9 Å². The third-order valence-corrected chi connectivity index (χ3v) is 3.32. The van der Waals surface area contributed by atoms with Crippen molar-refractivity contribution in [1.29, 1.82) is 0 Å². The van der Waals surface area contributed by atoms with Gasteiger partial charge in [-0.15, -0.1) is 11.3 Å². The summed E-state index contributed by atoms with van der Waals surface area (Å²) in [5.74, 6) is -6.91. The molecule has 4 nitrogen and oxygen atoms in total. The largest absolute Gasteiger partial charge is 0.477 e. The Hall–Kier alpha value is -2.35. The van der Waals surface area contributed by atoms with E-state index in [0.29, 0.717) is 6.07 Å². The molecule has 0 saturated heterocycles. The number of halogens is 3. The normalized spacial score (nSPS) is 10.3. The van der Waals surface area contributed by atoms with Crippen molar-refractivity contribution in [1.82, 2.24) is 0 Å². The van der Waals surface area contributed by atoms with E-state index in [-0.39, 0.29) is 9.88 Å². The average Bonchev–Trinajstić information content (AvgIpc) is 2.84. The maximum absolute atomic E-state index is 13.4. The number of benzene rings is 1. The second-order valence-corrected chi connectivity index (χ2v) is 4.73. The summed E-state index contributed by atoms with van der Waals surface area (Å²) in [6.07, 6.45) is 0. The van der Waals surface area contributed by atoms with Crippen molar-refractivity contribution in [3.8, 4) is 0 Å². The summed E-state index contributed by atoms with van der Waals surface area (Å²) >= 11 is 0.755. The van der Waals surface area contributed by atoms with Crippen LogP contribution in [0.1, 0.15) is 20.0 Å². The number of carbonyl (C=O) groups is 2. The molecule has 0 aliphatic rings. The predicted molar refractivity (Wildman–Crippen MR) is 65.5 cm³/mol. The van der Waals surface area contributed by atoms with Gasteiger partial charge in [-0.3, -0.25) is 4.79 Å². The van der Waals surface area contributed by atoms with E-state index in [1.807, 2.05) is 0 Å². The zero-order chi connectivity index (χ0) is 14.9. The van der Waals surface area contributed by atoms with Crippen molar-refractivity contribution >= 4 is 28.2 Å². The van der Waals surface area contributed by atoms with Gasteiger partial charge in [0.15, 0.2) is 17.5 Å². The summed E-state index contributed by atoms with van der Waals surface area (Å²) < 4.78 is 39.1. The van der Waals surface area contributed by atoms with Crippen LogP contribution in [0.3, 0.4) is 0 Å². The van der Waals surface area contributed by atoms with Crippen molar-refractivity contribution < 1.29 is 27.9 Å². The molecule has 0 fully saturated rings. The molecule has 0 saturated carbocycles. The number of hydrogen-bond acceptors (Lipinski definition) is 3. The number of carboxylic acids is 1. The van der Waals surface area contributed by atoms with Crippen LogP contribution in [-0.2, 0) is 0 Å². The van der Waals surface area contributed by atoms with Crippen molar-refractivity contribution in [2.24, 2.45) is 0 Å². The predicted octanol–water partition coefficient (Wildman–Crippen LogP) is 3.12. The molecular formula is C12H6F3NO3S. The Morgan fingerprint density at radius 3 is 2.35 bits per heavy atom. The van der Waals surface area contributed by atoms with Crippen molar-refractivity contribution in [2.45, 2.75) is 0 Å². The van der Waals surface area contributed by atoms with Gasteiger partial charge in [0.05, 0.1) is 10.6 Å². The zero-order valence-electron chi connectivity index (χ0n) is 9.62. The fourth-order valence-corrected chi connectivity index (χ4v) is 2.14. The zero-order valence-corrected chi connectivity index (χ0v) is 10.4. The number of carbonyl (C=O) groups excluding carboxylic acids is 1. The lowest BCUT2D eigenvalue weighted by molar-refractivity contribution is 0.0702. The molecule has 0 spiro atoms. The van der Waals surface area contributed by atoms with Crippen LogP contribution in [0.2, 0.25) is 0 Å². The molecule has 0 aliphatic heterocycles. The number of anilines is 1. The summed E-state index contributed by atoms with van der Waals surface area (Å²) in [6.45, 7) is 0. The number of rotatable bonds is 3. The van der Waals surface area contributed by atoms with Crippen LogP contribution >= 0.6 is 11.3 Å². The maximum atomic E-state index is 13.4. The van der Waals surface area contributed by atoms with Gasteiger partial charge in [-0.25, -0.2) is 18.0 Å². The van der Waals surface area contributed by atoms with E-state index in [1.54, 1.807) is 0 Å². The maximum Gasteiger partial charge on any atom is 0.345 e. The van der Waals surface area contributed by atoms with Crippen molar-refractivity contribution in [2.75, 3.05) is 5.32 Å². The van der Waals surface area contributed by atoms with Crippen molar-refractivity contribution in [3.63, 3.8) is 0 Å². The lowest BCUT2D eigenvalue weighted by Crippen LogP contribution is -2.14. The van der Waals surface area contributed by atoms with Gasteiger partial charge in [-0.1, -0.05) is 0 Å². The van der Waals surface area contributed by atoms with Crippen molar-refractivity contribution in [3.05, 3.63) is 52.2 Å². The summed E-state index contributed by atoms with van der Waals surface area (Å²) in [7, 11) is 0. The summed E-state index contributed by atoms with van der Waals surface area (Å²) in [6, 6.07) is 3.99. The first-order chi connectivity index (χ1) is 9.40. The molecule has 1 aromatic heterocycles. The third kappa shape index (κ3) is 2.64. The Kier molecular flexibility index (Phi) is 3.75. The highest BCUT2D eigenvalue weighted by molar-refractivity contribution is 7.18. The number of hydrogen-bond donors (Lipinski definition) is 2. The standard InChI is InChI=1S/C12H6F3NO3S/c13-6-2-1-5(9(14)10(6)15)11(17)16-8-4-3-7(20-8)12(18)19/h1-4H,(H,16,17)(H,18,19). The monoisotopic (exact) mass is 301 g/mol. The fourth-order valence-electron chi connectivity index (χ4n) is 1.40. The number of carboxylic acid groups (broad SMARTS) is 1. The van der Waals surface area contributed by atoms with Crippen LogP contribution in [0.15, 0.2) is 24.3 Å². The molecule has 0 unspecified atom stereocenters. The van der Waals surface area contributed by atoms with Gasteiger partial charge in [0, 0.05) is 0 Å². The topological polar surface area (TPSA) is 66.4 Å². The van der Waals surface area contributed by atoms with E-state index in [0.717, 1.165) is 17.4 Å². The fraction of sp³-hybridized carbons (Fsp3) is 0. The molecule has 0 bridgehead atoms. The highest BCUT2D eigenvalue weighted by Gasteiger charge is 2.19. The highest BCUT2D eigenvalue weighted by Crippen LogP contribution is 2.23. The van der Waals surface area contributed by atoms with Crippen LogP contribution in [0, 0.1) is 17.5 Å². The number of amides is 1. The Morgan fingerprint density at radius 1 is 1.05 bits per heavy atom. The molecule has 2 rings (SSSR count). The Bertz CT molecular complexity index is 699. The first-order valence-electron chi connectivity index (χ1n) is 5.18. The van der Waals surface area contributed by atoms with Crippen LogP contribution in [0.25, 0.3) is 0 Å². The molecule has 2 N–H and O–H groups in total. The van der Waals surface area contributed by atoms with Crippen LogP contribution < -0.4 is 5.32 Å². The number of thiophene rings is 1. The molecule has 1 aromatic carbocycles. The SMILES string of the molecule is O=C(O)c1ccc(NC(=O)c2ccc(F)c(F)c2F)s1. The lowest BCUT2D eigenvalue weighted by Gasteiger charge is -2.04. The van der Waals surface area contributed by atoms with Gasteiger partial charge in [-0.2, -0.15) is 0 Å². The van der Waals surface area contributed by atoms with Crippen LogP contribution in [0.5, 0.6) is 0 Å². The average molecular weight is 301 g/mol. The Balaban J connectivity index is 2.24. The molecule has 0 aliphatic carbocycles. The molecule has 1 heterocycles. The molecule has 2 aromatic rings. The minimum atomic E-state index is -1.74. The Labute approximate surface area is 114 Å². The van der Waals surface area contributed by atoms with Gasteiger partial charge < -0.3 is 10.4 Å². The Morgan fingerprint density at radius 2 is 1.75 bits per heavy atom. The van der Waals surface area contributed by atoms with E-state index in [1.165, 1.54) is 12.1 Å². The molecule has 1 amide bonds. The van der Waals surface area contributed by atoms with E-state index in [2.05, 4.69) is 5.32 Å². The highest BCUT2D eigenvalue weighted by atomic mass is 32.1. The van der Waals surface area contributed by atoms with E-state index >= 15 is 0 Å². The summed E-state index contributed by atoms with van der Waals surface area (Å²) in [4.78, 5) is 22.3. The minimum Gasteiger partial charge on any atom is -0.477 e. The van der Waals surface area contributed by atoms with Crippen LogP contribution in [0.4, 0.5) is 18.2 Å². The molecule has 104 valence electrons. The summed E-state index contributed by atoms with van der Waals surface area (Å²) in [5, 5.41) is 11.1. The minimum absolute atomic E-state index is 0.0222. The van der Waals surface area contributed by atoms with Gasteiger partial charge >= 0.3 is 5.97 Å².